The van der Waals surface area contributed by atoms with Crippen molar-refractivity contribution in [3.63, 3.8) is 0 Å². The number of hydrogen-bond acceptors (Lipinski definition) is 13. The van der Waals surface area contributed by atoms with Crippen molar-refractivity contribution in [1.29, 1.82) is 0 Å². The highest BCUT2D eigenvalue weighted by atomic mass is 16.6. The van der Waals surface area contributed by atoms with Gasteiger partial charge in [-0.1, -0.05) is 12.5 Å². The zero-order valence-corrected chi connectivity index (χ0v) is 28.5. The molecule has 2 heterocycles. The standard InChI is InChI=1S/C34H46N2O12/c1-15(2)8-24(40)48-27-29-33-14-45-34(29,31(43)44-7)13-21(38)28(33)32(6)12-20(37)26(18(5)19(32)11-22(33)46-30(27)42)47-25(41)10-17(4)36-23(39)9-16(3)35/h8,16-17,19,21-22,27-29,38H,9-14,35H2,1-7H3,(H,36,39)/t16?,17?,19?,21-,22?,27?,28?,29?,32?,33?,34?/m0/s1. The second kappa shape index (κ2) is 12.7. The summed E-state index contributed by atoms with van der Waals surface area (Å²) in [4.78, 5) is 78.9. The molecule has 4 fully saturated rings. The van der Waals surface area contributed by atoms with E-state index >= 15 is 0 Å². The van der Waals surface area contributed by atoms with Crippen LogP contribution in [-0.2, 0) is 52.5 Å². The molecule has 1 spiro atoms. The van der Waals surface area contributed by atoms with Crippen molar-refractivity contribution in [2.45, 2.75) is 110 Å². The maximum absolute atomic E-state index is 13.8. The molecule has 2 saturated heterocycles. The summed E-state index contributed by atoms with van der Waals surface area (Å²) >= 11 is 0. The van der Waals surface area contributed by atoms with Gasteiger partial charge in [0.1, 0.15) is 6.10 Å². The van der Waals surface area contributed by atoms with E-state index in [1.807, 2.05) is 6.92 Å². The number of carbonyl (C=O) groups is 6. The first kappa shape index (κ1) is 35.7. The van der Waals surface area contributed by atoms with Gasteiger partial charge in [0.15, 0.2) is 17.1 Å². The van der Waals surface area contributed by atoms with E-state index in [1.54, 1.807) is 34.6 Å². The van der Waals surface area contributed by atoms with Crippen molar-refractivity contribution in [2.75, 3.05) is 13.7 Å². The highest BCUT2D eigenvalue weighted by Crippen LogP contribution is 2.72. The molecule has 10 unspecified atom stereocenters. The average molecular weight is 675 g/mol. The van der Waals surface area contributed by atoms with Gasteiger partial charge >= 0.3 is 23.9 Å². The van der Waals surface area contributed by atoms with E-state index in [-0.39, 0.29) is 56.4 Å². The molecule has 0 aromatic heterocycles. The van der Waals surface area contributed by atoms with Gasteiger partial charge in [0.25, 0.3) is 0 Å². The Morgan fingerprint density at radius 2 is 1.83 bits per heavy atom. The lowest BCUT2D eigenvalue weighted by Gasteiger charge is -2.66. The number of methoxy groups -OCH3 is 1. The number of aliphatic hydroxyl groups is 1. The number of aliphatic hydroxyl groups excluding tert-OH is 1. The molecule has 5 aliphatic rings. The van der Waals surface area contributed by atoms with Crippen molar-refractivity contribution >= 4 is 35.6 Å². The lowest BCUT2D eigenvalue weighted by molar-refractivity contribution is -0.269. The van der Waals surface area contributed by atoms with E-state index < -0.39 is 88.2 Å². The van der Waals surface area contributed by atoms with Gasteiger partial charge in [-0.15, -0.1) is 0 Å². The van der Waals surface area contributed by atoms with Crippen LogP contribution in [0.2, 0.25) is 0 Å². The number of ketones is 1. The summed E-state index contributed by atoms with van der Waals surface area (Å²) in [6.45, 7) is 10.2. The van der Waals surface area contributed by atoms with E-state index in [0.717, 1.165) is 0 Å². The molecule has 2 saturated carbocycles. The number of hydrogen-bond donors (Lipinski definition) is 3. The first-order valence-electron chi connectivity index (χ1n) is 16.4. The lowest BCUT2D eigenvalue weighted by Crippen LogP contribution is -2.75. The quantitative estimate of drug-likeness (QED) is 0.179. The third-order valence-corrected chi connectivity index (χ3v) is 10.9. The molecular weight excluding hydrogens is 628 g/mol. The van der Waals surface area contributed by atoms with Crippen LogP contribution in [0.1, 0.15) is 73.6 Å². The predicted octanol–water partition coefficient (Wildman–Crippen LogP) is 1.16. The number of Topliss-reactive ketones (excluding diaryl/α,β-unsaturated/α-hetero) is 1. The molecule has 264 valence electrons. The fourth-order valence-electron chi connectivity index (χ4n) is 9.50. The Morgan fingerprint density at radius 1 is 1.15 bits per heavy atom. The predicted molar refractivity (Wildman–Crippen MR) is 165 cm³/mol. The second-order valence-corrected chi connectivity index (χ2v) is 14.7. The van der Waals surface area contributed by atoms with Gasteiger partial charge in [-0.2, -0.15) is 0 Å². The maximum Gasteiger partial charge on any atom is 0.348 e. The summed E-state index contributed by atoms with van der Waals surface area (Å²) in [7, 11) is 1.18. The summed E-state index contributed by atoms with van der Waals surface area (Å²) in [5.41, 5.74) is 2.79. The van der Waals surface area contributed by atoms with E-state index in [4.69, 9.17) is 29.4 Å². The minimum atomic E-state index is -1.81. The Hall–Kier alpha value is -3.62. The maximum atomic E-state index is 13.8. The van der Waals surface area contributed by atoms with Crippen LogP contribution in [0.5, 0.6) is 0 Å². The third-order valence-electron chi connectivity index (χ3n) is 10.9. The Bertz CT molecular complexity index is 1480. The van der Waals surface area contributed by atoms with Gasteiger partial charge in [-0.3, -0.25) is 14.4 Å². The highest BCUT2D eigenvalue weighted by Gasteiger charge is 2.82. The molecule has 0 radical (unpaired) electrons. The number of amides is 1. The number of allylic oxidation sites excluding steroid dienone is 3. The number of esters is 4. The molecule has 3 aliphatic carbocycles. The van der Waals surface area contributed by atoms with Crippen LogP contribution >= 0.6 is 0 Å². The van der Waals surface area contributed by atoms with Crippen LogP contribution in [-0.4, -0.2) is 90.4 Å². The van der Waals surface area contributed by atoms with Crippen LogP contribution in [0.25, 0.3) is 0 Å². The Morgan fingerprint density at radius 3 is 2.46 bits per heavy atom. The molecule has 2 bridgehead atoms. The van der Waals surface area contributed by atoms with Gasteiger partial charge in [0, 0.05) is 48.8 Å². The molecular formula is C34H46N2O12. The lowest BCUT2D eigenvalue weighted by atomic mass is 9.38. The zero-order chi connectivity index (χ0) is 35.5. The smallest absolute Gasteiger partial charge is 0.348 e. The molecule has 48 heavy (non-hydrogen) atoms. The van der Waals surface area contributed by atoms with E-state index in [2.05, 4.69) is 5.32 Å². The largest absolute Gasteiger partial charge is 0.467 e. The molecule has 14 nitrogen and oxygen atoms in total. The first-order valence-corrected chi connectivity index (χ1v) is 16.4. The van der Waals surface area contributed by atoms with Crippen LogP contribution < -0.4 is 11.1 Å². The van der Waals surface area contributed by atoms with Gasteiger partial charge in [-0.25, -0.2) is 14.4 Å². The minimum absolute atomic E-state index is 0.0912. The zero-order valence-electron chi connectivity index (χ0n) is 28.5. The van der Waals surface area contributed by atoms with Crippen LogP contribution in [0.3, 0.4) is 0 Å². The molecule has 0 aromatic carbocycles. The topological polar surface area (TPSA) is 207 Å². The molecule has 0 aromatic rings. The number of nitrogens with two attached hydrogens (primary N) is 1. The molecule has 1 amide bonds. The van der Waals surface area contributed by atoms with E-state index in [1.165, 1.54) is 13.2 Å². The molecule has 5 rings (SSSR count). The van der Waals surface area contributed by atoms with Gasteiger partial charge in [-0.05, 0) is 57.9 Å². The van der Waals surface area contributed by atoms with Crippen molar-refractivity contribution in [3.8, 4) is 0 Å². The highest BCUT2D eigenvalue weighted by molar-refractivity contribution is 5.98. The number of ether oxygens (including phenoxy) is 5. The van der Waals surface area contributed by atoms with Crippen molar-refractivity contribution in [3.05, 3.63) is 23.0 Å². The van der Waals surface area contributed by atoms with Crippen LogP contribution in [0, 0.1) is 28.6 Å². The van der Waals surface area contributed by atoms with Gasteiger partial charge in [0.2, 0.25) is 12.0 Å². The van der Waals surface area contributed by atoms with E-state index in [9.17, 15) is 33.9 Å². The Kier molecular flexibility index (Phi) is 9.43. The van der Waals surface area contributed by atoms with Gasteiger partial charge in [0.05, 0.1) is 32.2 Å². The Balaban J connectivity index is 1.50. The molecule has 2 aliphatic heterocycles. The fourth-order valence-corrected chi connectivity index (χ4v) is 9.50. The SMILES string of the molecule is COC(=O)C12C[C@H](O)C3C4(C)CC(=O)C(OC(=O)CC(C)NC(=O)CC(C)N)=C(C)C4CC4OC(=O)C(OC(=O)C=C(C)C)C1C43CO2. The number of fused-ring (bicyclic) bond motifs is 2. The molecule has 11 atom stereocenters. The van der Waals surface area contributed by atoms with Crippen molar-refractivity contribution < 1.29 is 57.6 Å². The summed E-state index contributed by atoms with van der Waals surface area (Å²) in [6, 6.07) is -0.923. The monoisotopic (exact) mass is 674 g/mol. The third kappa shape index (κ3) is 5.65. The Labute approximate surface area is 279 Å². The van der Waals surface area contributed by atoms with Gasteiger partial charge < -0.3 is 39.8 Å². The van der Waals surface area contributed by atoms with Crippen LogP contribution in [0.4, 0.5) is 0 Å². The number of rotatable bonds is 9. The first-order chi connectivity index (χ1) is 22.4. The molecule has 4 N–H and O–H groups in total. The summed E-state index contributed by atoms with van der Waals surface area (Å²) < 4.78 is 28.8. The van der Waals surface area contributed by atoms with Crippen LogP contribution in [0.15, 0.2) is 23.0 Å². The van der Waals surface area contributed by atoms with Crippen molar-refractivity contribution in [1.82, 2.24) is 5.32 Å². The molecule has 14 heteroatoms. The summed E-state index contributed by atoms with van der Waals surface area (Å²) in [5, 5.41) is 14.6. The summed E-state index contributed by atoms with van der Waals surface area (Å²) in [6.07, 6.45) is -2.73. The summed E-state index contributed by atoms with van der Waals surface area (Å²) in [5.74, 6) is -6.35. The average Bonchev–Trinajstić information content (AvgIpc) is 3.21. The van der Waals surface area contributed by atoms with E-state index in [0.29, 0.717) is 11.1 Å². The minimum Gasteiger partial charge on any atom is -0.467 e. The fraction of sp³-hybridized carbons (Fsp3) is 0.706. The second-order valence-electron chi connectivity index (χ2n) is 14.7. The normalized spacial score (nSPS) is 37.6. The number of nitrogens with one attached hydrogen (secondary N) is 1. The van der Waals surface area contributed by atoms with Crippen molar-refractivity contribution in [2.24, 2.45) is 34.3 Å². The number of carbonyl (C=O) groups excluding carboxylic acids is 6.